The standard InChI is InChI=1S/C25H37BFN5O2Si/c1-26(33)30(2)20-7-6-12-31(16-20)22-10-11-28-25-24(22)21(19-8-9-23(27)29-15-19)17-32(25)18-34-13-14-35(3,4)5/h8-11,15,17,20,33H,6-7,12-14,16,18H2,1-5H3/t20-/m0/s1. The number of anilines is 1. The summed E-state index contributed by atoms with van der Waals surface area (Å²) in [5, 5.41) is 11.1. The summed E-state index contributed by atoms with van der Waals surface area (Å²) in [7, 11) is 0.304. The monoisotopic (exact) mass is 497 g/mol. The van der Waals surface area contributed by atoms with Crippen LogP contribution in [0.2, 0.25) is 32.5 Å². The van der Waals surface area contributed by atoms with E-state index in [1.54, 1.807) is 12.3 Å². The lowest BCUT2D eigenvalue weighted by Crippen LogP contribution is -2.51. The molecule has 4 rings (SSSR count). The van der Waals surface area contributed by atoms with E-state index in [9.17, 15) is 9.41 Å². The van der Waals surface area contributed by atoms with E-state index in [-0.39, 0.29) is 6.04 Å². The molecular formula is C25H37BFN5O2Si. The molecule has 0 radical (unpaired) electrons. The summed E-state index contributed by atoms with van der Waals surface area (Å²) in [5.74, 6) is -0.495. The minimum absolute atomic E-state index is 0.259. The van der Waals surface area contributed by atoms with Crippen molar-refractivity contribution in [1.29, 1.82) is 0 Å². The number of halogens is 1. The van der Waals surface area contributed by atoms with Gasteiger partial charge in [0.2, 0.25) is 5.95 Å². The first-order valence-electron chi connectivity index (χ1n) is 12.5. The molecule has 0 aliphatic carbocycles. The van der Waals surface area contributed by atoms with Gasteiger partial charge in [-0.15, -0.1) is 0 Å². The maximum atomic E-state index is 13.6. The summed E-state index contributed by atoms with van der Waals surface area (Å²) < 4.78 is 21.7. The Balaban J connectivity index is 1.71. The van der Waals surface area contributed by atoms with E-state index in [0.29, 0.717) is 6.73 Å². The molecule has 3 aromatic heterocycles. The van der Waals surface area contributed by atoms with Crippen LogP contribution in [-0.4, -0.2) is 72.3 Å². The Morgan fingerprint density at radius 1 is 1.26 bits per heavy atom. The third-order valence-corrected chi connectivity index (χ3v) is 8.61. The van der Waals surface area contributed by atoms with Crippen LogP contribution < -0.4 is 4.90 Å². The van der Waals surface area contributed by atoms with Crippen LogP contribution in [0.15, 0.2) is 36.8 Å². The van der Waals surface area contributed by atoms with Gasteiger partial charge in [-0.1, -0.05) is 19.6 Å². The van der Waals surface area contributed by atoms with Crippen molar-refractivity contribution in [2.24, 2.45) is 0 Å². The second-order valence-electron chi connectivity index (χ2n) is 10.8. The van der Waals surface area contributed by atoms with Gasteiger partial charge < -0.3 is 24.0 Å². The largest absolute Gasteiger partial charge is 0.437 e. The molecule has 1 atom stereocenters. The fraction of sp³-hybridized carbons (Fsp3) is 0.520. The first-order chi connectivity index (χ1) is 16.6. The number of pyridine rings is 2. The molecule has 10 heteroatoms. The van der Waals surface area contributed by atoms with Crippen molar-refractivity contribution in [3.05, 3.63) is 42.7 Å². The van der Waals surface area contributed by atoms with E-state index in [1.807, 2.05) is 35.6 Å². The average Bonchev–Trinajstić information content (AvgIpc) is 3.20. The number of hydrogen-bond donors (Lipinski definition) is 1. The minimum atomic E-state index is -1.18. The molecule has 0 unspecified atom stereocenters. The van der Waals surface area contributed by atoms with Crippen LogP contribution in [0.3, 0.4) is 0 Å². The first kappa shape index (κ1) is 25.8. The van der Waals surface area contributed by atoms with Crippen molar-refractivity contribution < 1.29 is 14.2 Å². The molecule has 1 fully saturated rings. The Labute approximate surface area is 209 Å². The SMILES string of the molecule is CB(O)N(C)[C@H]1CCCN(c2ccnc3c2c(-c2ccc(F)nc2)cn3COCC[Si](C)(C)C)C1. The van der Waals surface area contributed by atoms with Crippen LogP contribution in [-0.2, 0) is 11.5 Å². The number of piperidine rings is 1. The number of fused-ring (bicyclic) bond motifs is 1. The minimum Gasteiger partial charge on any atom is -0.437 e. The van der Waals surface area contributed by atoms with Crippen molar-refractivity contribution in [3.8, 4) is 11.1 Å². The fourth-order valence-corrected chi connectivity index (χ4v) is 5.42. The van der Waals surface area contributed by atoms with Crippen LogP contribution in [0.1, 0.15) is 12.8 Å². The molecule has 7 nitrogen and oxygen atoms in total. The number of rotatable bonds is 9. The number of aromatic nitrogens is 3. The summed E-state index contributed by atoms with van der Waals surface area (Å²) >= 11 is 0. The third-order valence-electron chi connectivity index (χ3n) is 6.90. The van der Waals surface area contributed by atoms with Crippen molar-refractivity contribution in [3.63, 3.8) is 0 Å². The molecule has 1 aliphatic rings. The zero-order chi connectivity index (χ0) is 25.2. The van der Waals surface area contributed by atoms with E-state index in [1.165, 1.54) is 6.07 Å². The molecule has 1 aliphatic heterocycles. The van der Waals surface area contributed by atoms with E-state index in [4.69, 9.17) is 9.72 Å². The van der Waals surface area contributed by atoms with Crippen molar-refractivity contribution in [1.82, 2.24) is 19.3 Å². The number of hydrogen-bond acceptors (Lipinski definition) is 6. The topological polar surface area (TPSA) is 66.7 Å². The molecule has 35 heavy (non-hydrogen) atoms. The van der Waals surface area contributed by atoms with Gasteiger partial charge in [-0.3, -0.25) is 0 Å². The molecule has 188 valence electrons. The molecule has 0 bridgehead atoms. The second-order valence-corrected chi connectivity index (χ2v) is 16.4. The summed E-state index contributed by atoms with van der Waals surface area (Å²) in [6.07, 6.45) is 7.57. The van der Waals surface area contributed by atoms with Crippen LogP contribution >= 0.6 is 0 Å². The van der Waals surface area contributed by atoms with Gasteiger partial charge in [0.25, 0.3) is 0 Å². The van der Waals surface area contributed by atoms with Crippen LogP contribution in [0.25, 0.3) is 22.2 Å². The summed E-state index contributed by atoms with van der Waals surface area (Å²) in [5.41, 5.74) is 3.76. The quantitative estimate of drug-likeness (QED) is 0.266. The van der Waals surface area contributed by atoms with Crippen molar-refractivity contribution >= 4 is 31.8 Å². The highest BCUT2D eigenvalue weighted by molar-refractivity contribution is 6.76. The predicted octanol–water partition coefficient (Wildman–Crippen LogP) is 4.56. The van der Waals surface area contributed by atoms with Crippen LogP contribution in [0, 0.1) is 5.95 Å². The molecule has 1 saturated heterocycles. The highest BCUT2D eigenvalue weighted by Crippen LogP contribution is 2.37. The molecule has 0 saturated carbocycles. The summed E-state index contributed by atoms with van der Waals surface area (Å²) in [6, 6.07) is 6.59. The number of nitrogens with zero attached hydrogens (tertiary/aromatic N) is 5. The highest BCUT2D eigenvalue weighted by Gasteiger charge is 2.29. The molecule has 1 N–H and O–H groups in total. The van der Waals surface area contributed by atoms with Gasteiger partial charge in [-0.25, -0.2) is 9.97 Å². The maximum absolute atomic E-state index is 13.6. The Hall–Kier alpha value is -2.27. The summed E-state index contributed by atoms with van der Waals surface area (Å²) in [4.78, 5) is 13.0. The molecule has 0 aromatic carbocycles. The van der Waals surface area contributed by atoms with Gasteiger partial charge in [0.1, 0.15) is 12.4 Å². The van der Waals surface area contributed by atoms with E-state index >= 15 is 0 Å². The number of likely N-dealkylation sites (N-methyl/N-ethyl adjacent to an activating group) is 1. The summed E-state index contributed by atoms with van der Waals surface area (Å²) in [6.45, 7) is 11.7. The Morgan fingerprint density at radius 2 is 2.06 bits per heavy atom. The lowest BCUT2D eigenvalue weighted by molar-refractivity contribution is 0.0899. The van der Waals surface area contributed by atoms with Crippen molar-refractivity contribution in [2.45, 2.75) is 58.1 Å². The van der Waals surface area contributed by atoms with Gasteiger partial charge in [0.05, 0.1) is 5.39 Å². The molecule has 4 heterocycles. The zero-order valence-corrected chi connectivity index (χ0v) is 22.5. The van der Waals surface area contributed by atoms with Gasteiger partial charge >= 0.3 is 7.05 Å². The van der Waals surface area contributed by atoms with Gasteiger partial charge in [0.15, 0.2) is 0 Å². The molecular weight excluding hydrogens is 460 g/mol. The second kappa shape index (κ2) is 10.8. The Bertz CT molecular complexity index is 1140. The molecule has 0 amide bonds. The Kier molecular flexibility index (Phi) is 7.95. The highest BCUT2D eigenvalue weighted by atomic mass is 28.3. The normalized spacial score (nSPS) is 16.9. The molecule has 3 aromatic rings. The van der Waals surface area contributed by atoms with Gasteiger partial charge in [-0.2, -0.15) is 4.39 Å². The lowest BCUT2D eigenvalue weighted by atomic mass is 9.82. The predicted molar refractivity (Wildman–Crippen MR) is 144 cm³/mol. The van der Waals surface area contributed by atoms with E-state index < -0.39 is 21.1 Å². The lowest BCUT2D eigenvalue weighted by Gasteiger charge is -2.39. The van der Waals surface area contributed by atoms with E-state index in [0.717, 1.165) is 66.4 Å². The van der Waals surface area contributed by atoms with Gasteiger partial charge in [-0.05, 0) is 51.0 Å². The van der Waals surface area contributed by atoms with Gasteiger partial charge in [0, 0.05) is 69.2 Å². The average molecular weight is 498 g/mol. The zero-order valence-electron chi connectivity index (χ0n) is 21.5. The van der Waals surface area contributed by atoms with Crippen LogP contribution in [0.4, 0.5) is 10.1 Å². The first-order valence-corrected chi connectivity index (χ1v) is 16.2. The molecule has 0 spiro atoms. The van der Waals surface area contributed by atoms with Crippen molar-refractivity contribution in [2.75, 3.05) is 31.6 Å². The maximum Gasteiger partial charge on any atom is 0.376 e. The number of ether oxygens (including phenoxy) is 1. The smallest absolute Gasteiger partial charge is 0.376 e. The van der Waals surface area contributed by atoms with E-state index in [2.05, 4.69) is 35.6 Å². The fourth-order valence-electron chi connectivity index (χ4n) is 4.67. The van der Waals surface area contributed by atoms with Crippen LogP contribution in [0.5, 0.6) is 0 Å². The Morgan fingerprint density at radius 3 is 2.74 bits per heavy atom. The third kappa shape index (κ3) is 6.11.